The van der Waals surface area contributed by atoms with Crippen LogP contribution in [0.2, 0.25) is 5.02 Å². The van der Waals surface area contributed by atoms with Crippen LogP contribution in [0.1, 0.15) is 5.56 Å². The molecule has 0 spiro atoms. The molecule has 4 nitrogen and oxygen atoms in total. The standard InChI is InChI=1S/C12H14ClNO3/c13-10-4-1-9(2-5-10)3-6-12(17)14-11(7-15)8-16/h1-6,11,15-16H,7-8H2,(H,14,17). The second-order valence-corrected chi connectivity index (χ2v) is 3.89. The Kier molecular flexibility index (Phi) is 5.69. The summed E-state index contributed by atoms with van der Waals surface area (Å²) in [5.74, 6) is -0.368. The molecule has 0 aromatic heterocycles. The van der Waals surface area contributed by atoms with Gasteiger partial charge >= 0.3 is 0 Å². The molecule has 1 aromatic carbocycles. The number of benzene rings is 1. The van der Waals surface area contributed by atoms with Gasteiger partial charge in [0.25, 0.3) is 0 Å². The number of aliphatic hydroxyl groups excluding tert-OH is 2. The molecule has 0 fully saturated rings. The van der Waals surface area contributed by atoms with Crippen molar-refractivity contribution in [2.75, 3.05) is 13.2 Å². The Morgan fingerprint density at radius 3 is 2.41 bits per heavy atom. The minimum atomic E-state index is -0.627. The maximum absolute atomic E-state index is 11.4. The van der Waals surface area contributed by atoms with Gasteiger partial charge in [-0.25, -0.2) is 0 Å². The van der Waals surface area contributed by atoms with Crippen LogP contribution in [0.4, 0.5) is 0 Å². The van der Waals surface area contributed by atoms with Crippen molar-refractivity contribution in [2.24, 2.45) is 0 Å². The van der Waals surface area contributed by atoms with Crippen LogP contribution < -0.4 is 5.32 Å². The molecule has 0 unspecified atom stereocenters. The summed E-state index contributed by atoms with van der Waals surface area (Å²) < 4.78 is 0. The average Bonchev–Trinajstić information content (AvgIpc) is 2.35. The van der Waals surface area contributed by atoms with Crippen LogP contribution in [0.25, 0.3) is 6.08 Å². The molecule has 0 bridgehead atoms. The highest BCUT2D eigenvalue weighted by atomic mass is 35.5. The van der Waals surface area contributed by atoms with Gasteiger partial charge in [-0.05, 0) is 23.8 Å². The van der Waals surface area contributed by atoms with Crippen LogP contribution in [0.3, 0.4) is 0 Å². The first-order valence-corrected chi connectivity index (χ1v) is 5.49. The highest BCUT2D eigenvalue weighted by Gasteiger charge is 2.06. The number of aliphatic hydroxyl groups is 2. The number of nitrogens with one attached hydrogen (secondary N) is 1. The second kappa shape index (κ2) is 7.06. The normalized spacial score (nSPS) is 11.1. The minimum absolute atomic E-state index is 0.295. The first kappa shape index (κ1) is 13.7. The van der Waals surface area contributed by atoms with Crippen LogP contribution >= 0.6 is 11.6 Å². The fourth-order valence-electron chi connectivity index (χ4n) is 1.14. The van der Waals surface area contributed by atoms with Crippen molar-refractivity contribution < 1.29 is 15.0 Å². The molecule has 0 heterocycles. The molecule has 17 heavy (non-hydrogen) atoms. The third-order valence-electron chi connectivity index (χ3n) is 2.08. The lowest BCUT2D eigenvalue weighted by molar-refractivity contribution is -0.117. The molecule has 3 N–H and O–H groups in total. The summed E-state index contributed by atoms with van der Waals surface area (Å²) in [6.45, 7) is -0.589. The number of amides is 1. The highest BCUT2D eigenvalue weighted by molar-refractivity contribution is 6.30. The van der Waals surface area contributed by atoms with Crippen molar-refractivity contribution in [3.63, 3.8) is 0 Å². The Bertz CT molecular complexity index is 385. The van der Waals surface area contributed by atoms with Crippen molar-refractivity contribution in [2.45, 2.75) is 6.04 Å². The zero-order valence-corrected chi connectivity index (χ0v) is 9.89. The Hall–Kier alpha value is -1.36. The molecule has 0 atom stereocenters. The summed E-state index contributed by atoms with van der Waals surface area (Å²) in [4.78, 5) is 11.4. The quantitative estimate of drug-likeness (QED) is 0.683. The molecule has 0 saturated carbocycles. The van der Waals surface area contributed by atoms with Gasteiger partial charge in [0.05, 0.1) is 19.3 Å². The van der Waals surface area contributed by atoms with Crippen molar-refractivity contribution >= 4 is 23.6 Å². The summed E-state index contributed by atoms with van der Waals surface area (Å²) in [7, 11) is 0. The number of hydrogen-bond acceptors (Lipinski definition) is 3. The minimum Gasteiger partial charge on any atom is -0.394 e. The van der Waals surface area contributed by atoms with Gasteiger partial charge in [-0.3, -0.25) is 4.79 Å². The summed E-state index contributed by atoms with van der Waals surface area (Å²) in [6, 6.07) is 6.38. The monoisotopic (exact) mass is 255 g/mol. The summed E-state index contributed by atoms with van der Waals surface area (Å²) in [5, 5.41) is 20.6. The maximum atomic E-state index is 11.4. The van der Waals surface area contributed by atoms with Gasteiger partial charge in [0.1, 0.15) is 0 Å². The van der Waals surface area contributed by atoms with Crippen molar-refractivity contribution in [3.05, 3.63) is 40.9 Å². The molecule has 5 heteroatoms. The van der Waals surface area contributed by atoms with E-state index in [0.29, 0.717) is 5.02 Å². The molecule has 0 aliphatic carbocycles. The van der Waals surface area contributed by atoms with Crippen molar-refractivity contribution in [3.8, 4) is 0 Å². The van der Waals surface area contributed by atoms with Crippen LogP contribution in [-0.4, -0.2) is 35.4 Å². The molecule has 1 rings (SSSR count). The van der Waals surface area contributed by atoms with Crippen LogP contribution in [0.5, 0.6) is 0 Å². The molecule has 1 aromatic rings. The fraction of sp³-hybridized carbons (Fsp3) is 0.250. The molecule has 0 aliphatic heterocycles. The lowest BCUT2D eigenvalue weighted by Crippen LogP contribution is -2.39. The SMILES string of the molecule is O=C(C=Cc1ccc(Cl)cc1)NC(CO)CO. The molecule has 1 amide bonds. The molecular weight excluding hydrogens is 242 g/mol. The summed E-state index contributed by atoms with van der Waals surface area (Å²) in [5.41, 5.74) is 0.842. The topological polar surface area (TPSA) is 69.6 Å². The van der Waals surface area contributed by atoms with Gasteiger partial charge in [-0.2, -0.15) is 0 Å². The third-order valence-corrected chi connectivity index (χ3v) is 2.34. The predicted octanol–water partition coefficient (Wildman–Crippen LogP) is 0.823. The molecule has 0 saturated heterocycles. The maximum Gasteiger partial charge on any atom is 0.244 e. The van der Waals surface area contributed by atoms with Crippen LogP contribution in [-0.2, 0) is 4.79 Å². The Labute approximate surface area is 105 Å². The Morgan fingerprint density at radius 1 is 1.29 bits per heavy atom. The lowest BCUT2D eigenvalue weighted by atomic mass is 10.2. The van der Waals surface area contributed by atoms with Gasteiger partial charge in [0.15, 0.2) is 0 Å². The first-order valence-electron chi connectivity index (χ1n) is 5.11. The van der Waals surface area contributed by atoms with Gasteiger partial charge in [0.2, 0.25) is 5.91 Å². The number of halogens is 1. The number of carbonyl (C=O) groups is 1. The molecule has 0 radical (unpaired) electrons. The largest absolute Gasteiger partial charge is 0.394 e. The third kappa shape index (κ3) is 4.99. The fourth-order valence-corrected chi connectivity index (χ4v) is 1.27. The Balaban J connectivity index is 2.53. The number of hydrogen-bond donors (Lipinski definition) is 3. The van der Waals surface area contributed by atoms with E-state index in [4.69, 9.17) is 21.8 Å². The summed E-state index contributed by atoms with van der Waals surface area (Å²) in [6.07, 6.45) is 2.96. The zero-order chi connectivity index (χ0) is 12.7. The first-order chi connectivity index (χ1) is 8.15. The van der Waals surface area contributed by atoms with Crippen molar-refractivity contribution in [1.29, 1.82) is 0 Å². The number of rotatable bonds is 5. The zero-order valence-electron chi connectivity index (χ0n) is 9.14. The molecular formula is C12H14ClNO3. The van der Waals surface area contributed by atoms with Gasteiger partial charge < -0.3 is 15.5 Å². The van der Waals surface area contributed by atoms with E-state index in [1.54, 1.807) is 30.3 Å². The van der Waals surface area contributed by atoms with E-state index in [2.05, 4.69) is 5.32 Å². The van der Waals surface area contributed by atoms with E-state index in [1.807, 2.05) is 0 Å². The van der Waals surface area contributed by atoms with Gasteiger partial charge in [0, 0.05) is 11.1 Å². The van der Waals surface area contributed by atoms with Crippen LogP contribution in [0.15, 0.2) is 30.3 Å². The number of carbonyl (C=O) groups excluding carboxylic acids is 1. The van der Waals surface area contributed by atoms with E-state index in [-0.39, 0.29) is 19.1 Å². The van der Waals surface area contributed by atoms with Gasteiger partial charge in [-0.1, -0.05) is 23.7 Å². The highest BCUT2D eigenvalue weighted by Crippen LogP contribution is 2.10. The Morgan fingerprint density at radius 2 is 1.88 bits per heavy atom. The van der Waals surface area contributed by atoms with E-state index in [9.17, 15) is 4.79 Å². The smallest absolute Gasteiger partial charge is 0.244 e. The van der Waals surface area contributed by atoms with E-state index in [1.165, 1.54) is 6.08 Å². The second-order valence-electron chi connectivity index (χ2n) is 3.46. The van der Waals surface area contributed by atoms with E-state index >= 15 is 0 Å². The molecule has 0 aliphatic rings. The average molecular weight is 256 g/mol. The predicted molar refractivity (Wildman–Crippen MR) is 66.6 cm³/mol. The van der Waals surface area contributed by atoms with Crippen molar-refractivity contribution in [1.82, 2.24) is 5.32 Å². The van der Waals surface area contributed by atoms with E-state index in [0.717, 1.165) is 5.56 Å². The lowest BCUT2D eigenvalue weighted by Gasteiger charge is -2.10. The van der Waals surface area contributed by atoms with E-state index < -0.39 is 6.04 Å². The molecule has 92 valence electrons. The van der Waals surface area contributed by atoms with Crippen LogP contribution in [0, 0.1) is 0 Å². The summed E-state index contributed by atoms with van der Waals surface area (Å²) >= 11 is 5.72. The van der Waals surface area contributed by atoms with Gasteiger partial charge in [-0.15, -0.1) is 0 Å².